The molecule has 2 atom stereocenters. The van der Waals surface area contributed by atoms with Gasteiger partial charge in [0.25, 0.3) is 0 Å². The number of ether oxygens (including phenoxy) is 2. The molecule has 0 radical (unpaired) electrons. The van der Waals surface area contributed by atoms with Gasteiger partial charge in [-0.3, -0.25) is 0 Å². The van der Waals surface area contributed by atoms with Gasteiger partial charge in [0.15, 0.2) is 5.79 Å². The molecule has 1 heterocycles. The van der Waals surface area contributed by atoms with Crippen LogP contribution >= 0.6 is 0 Å². The van der Waals surface area contributed by atoms with Crippen molar-refractivity contribution in [2.75, 3.05) is 0 Å². The van der Waals surface area contributed by atoms with Crippen molar-refractivity contribution >= 4 is 0 Å². The van der Waals surface area contributed by atoms with E-state index in [2.05, 4.69) is 13.8 Å². The van der Waals surface area contributed by atoms with E-state index in [0.29, 0.717) is 12.2 Å². The van der Waals surface area contributed by atoms with E-state index in [-0.39, 0.29) is 5.79 Å². The quantitative estimate of drug-likeness (QED) is 0.651. The SMILES string of the molecule is CCC[C@@H]1OC(C)(C)O[C@@H]1CC. The molecule has 1 aliphatic heterocycles. The first-order chi connectivity index (χ1) is 5.59. The summed E-state index contributed by atoms with van der Waals surface area (Å²) in [7, 11) is 0. The monoisotopic (exact) mass is 172 g/mol. The van der Waals surface area contributed by atoms with Gasteiger partial charge < -0.3 is 9.47 Å². The summed E-state index contributed by atoms with van der Waals surface area (Å²) in [5, 5.41) is 0. The molecule has 2 heteroatoms. The number of rotatable bonds is 3. The molecule has 72 valence electrons. The molecule has 0 bridgehead atoms. The molecule has 1 rings (SSSR count). The molecule has 0 aromatic carbocycles. The maximum Gasteiger partial charge on any atom is 0.163 e. The second-order valence-electron chi connectivity index (χ2n) is 3.91. The zero-order valence-electron chi connectivity index (χ0n) is 8.59. The maximum atomic E-state index is 5.77. The van der Waals surface area contributed by atoms with Gasteiger partial charge >= 0.3 is 0 Å². The van der Waals surface area contributed by atoms with Crippen molar-refractivity contribution < 1.29 is 9.47 Å². The third-order valence-corrected chi connectivity index (χ3v) is 2.26. The summed E-state index contributed by atoms with van der Waals surface area (Å²) in [5.41, 5.74) is 0. The van der Waals surface area contributed by atoms with E-state index in [1.807, 2.05) is 13.8 Å². The molecule has 0 aromatic heterocycles. The van der Waals surface area contributed by atoms with Crippen molar-refractivity contribution in [3.63, 3.8) is 0 Å². The van der Waals surface area contributed by atoms with Gasteiger partial charge in [0.2, 0.25) is 0 Å². The molecule has 1 fully saturated rings. The van der Waals surface area contributed by atoms with Gasteiger partial charge in [-0.15, -0.1) is 0 Å². The highest BCUT2D eigenvalue weighted by Crippen LogP contribution is 2.31. The third-order valence-electron chi connectivity index (χ3n) is 2.26. The summed E-state index contributed by atoms with van der Waals surface area (Å²) >= 11 is 0. The predicted octanol–water partition coefficient (Wildman–Crippen LogP) is 2.72. The van der Waals surface area contributed by atoms with Crippen LogP contribution in [-0.2, 0) is 9.47 Å². The van der Waals surface area contributed by atoms with Crippen LogP contribution in [0.1, 0.15) is 47.0 Å². The Labute approximate surface area is 75.2 Å². The fourth-order valence-electron chi connectivity index (χ4n) is 1.78. The van der Waals surface area contributed by atoms with E-state index in [1.54, 1.807) is 0 Å². The van der Waals surface area contributed by atoms with Crippen LogP contribution in [0.5, 0.6) is 0 Å². The normalized spacial score (nSPS) is 34.0. The van der Waals surface area contributed by atoms with E-state index in [0.717, 1.165) is 12.8 Å². The summed E-state index contributed by atoms with van der Waals surface area (Å²) in [5.74, 6) is -0.361. The van der Waals surface area contributed by atoms with Crippen LogP contribution in [0.3, 0.4) is 0 Å². The second kappa shape index (κ2) is 3.75. The van der Waals surface area contributed by atoms with Gasteiger partial charge in [0.05, 0.1) is 12.2 Å². The van der Waals surface area contributed by atoms with Crippen molar-refractivity contribution in [3.05, 3.63) is 0 Å². The van der Waals surface area contributed by atoms with Crippen molar-refractivity contribution in [1.82, 2.24) is 0 Å². The summed E-state index contributed by atoms with van der Waals surface area (Å²) in [6.45, 7) is 8.32. The Balaban J connectivity index is 2.50. The highest BCUT2D eigenvalue weighted by Gasteiger charge is 2.39. The first-order valence-corrected chi connectivity index (χ1v) is 4.94. The van der Waals surface area contributed by atoms with E-state index < -0.39 is 0 Å². The van der Waals surface area contributed by atoms with Gasteiger partial charge in [-0.1, -0.05) is 20.3 Å². The second-order valence-corrected chi connectivity index (χ2v) is 3.91. The zero-order chi connectivity index (χ0) is 9.19. The number of hydrogen-bond acceptors (Lipinski definition) is 2. The van der Waals surface area contributed by atoms with Crippen LogP contribution in [0.2, 0.25) is 0 Å². The van der Waals surface area contributed by atoms with E-state index >= 15 is 0 Å². The van der Waals surface area contributed by atoms with Gasteiger partial charge in [0.1, 0.15) is 0 Å². The first-order valence-electron chi connectivity index (χ1n) is 4.94. The fourth-order valence-corrected chi connectivity index (χ4v) is 1.78. The Kier molecular flexibility index (Phi) is 3.13. The third kappa shape index (κ3) is 2.20. The van der Waals surface area contributed by atoms with Gasteiger partial charge in [-0.2, -0.15) is 0 Å². The van der Waals surface area contributed by atoms with Crippen molar-refractivity contribution in [3.8, 4) is 0 Å². The molecule has 1 aliphatic rings. The predicted molar refractivity (Wildman–Crippen MR) is 49.0 cm³/mol. The fraction of sp³-hybridized carbons (Fsp3) is 1.00. The highest BCUT2D eigenvalue weighted by molar-refractivity contribution is 4.79. The molecule has 0 amide bonds. The summed E-state index contributed by atoms with van der Waals surface area (Å²) in [6.07, 6.45) is 3.95. The lowest BCUT2D eigenvalue weighted by Gasteiger charge is -2.16. The van der Waals surface area contributed by atoms with Crippen LogP contribution in [0.15, 0.2) is 0 Å². The minimum Gasteiger partial charge on any atom is -0.345 e. The van der Waals surface area contributed by atoms with Crippen LogP contribution in [-0.4, -0.2) is 18.0 Å². The number of hydrogen-bond donors (Lipinski definition) is 0. The minimum atomic E-state index is -0.361. The maximum absolute atomic E-state index is 5.77. The molecular formula is C10H20O2. The zero-order valence-corrected chi connectivity index (χ0v) is 8.59. The van der Waals surface area contributed by atoms with Gasteiger partial charge in [-0.25, -0.2) is 0 Å². The highest BCUT2D eigenvalue weighted by atomic mass is 16.7. The van der Waals surface area contributed by atoms with Crippen LogP contribution < -0.4 is 0 Å². The van der Waals surface area contributed by atoms with E-state index in [1.165, 1.54) is 6.42 Å². The Morgan fingerprint density at radius 1 is 1.08 bits per heavy atom. The van der Waals surface area contributed by atoms with Crippen molar-refractivity contribution in [1.29, 1.82) is 0 Å². The molecule has 0 saturated carbocycles. The van der Waals surface area contributed by atoms with Crippen LogP contribution in [0, 0.1) is 0 Å². The molecule has 12 heavy (non-hydrogen) atoms. The Bertz CT molecular complexity index is 143. The average molecular weight is 172 g/mol. The smallest absolute Gasteiger partial charge is 0.163 e. The average Bonchev–Trinajstić information content (AvgIpc) is 2.26. The molecule has 0 aliphatic carbocycles. The van der Waals surface area contributed by atoms with Crippen molar-refractivity contribution in [2.45, 2.75) is 65.0 Å². The molecule has 0 N–H and O–H groups in total. The summed E-state index contributed by atoms with van der Waals surface area (Å²) < 4.78 is 11.5. The van der Waals surface area contributed by atoms with E-state index in [9.17, 15) is 0 Å². The first kappa shape index (κ1) is 10.0. The Morgan fingerprint density at radius 3 is 2.17 bits per heavy atom. The molecule has 1 saturated heterocycles. The Hall–Kier alpha value is -0.0800. The molecule has 0 spiro atoms. The lowest BCUT2D eigenvalue weighted by atomic mass is 10.1. The topological polar surface area (TPSA) is 18.5 Å². The minimum absolute atomic E-state index is 0.306. The van der Waals surface area contributed by atoms with Gasteiger partial charge in [0, 0.05) is 0 Å². The summed E-state index contributed by atoms with van der Waals surface area (Å²) in [6, 6.07) is 0. The van der Waals surface area contributed by atoms with Crippen LogP contribution in [0.25, 0.3) is 0 Å². The summed E-state index contributed by atoms with van der Waals surface area (Å²) in [4.78, 5) is 0. The van der Waals surface area contributed by atoms with Crippen LogP contribution in [0.4, 0.5) is 0 Å². The van der Waals surface area contributed by atoms with Crippen molar-refractivity contribution in [2.24, 2.45) is 0 Å². The molecular weight excluding hydrogens is 152 g/mol. The standard InChI is InChI=1S/C10H20O2/c1-5-7-9-8(6-2)11-10(3,4)12-9/h8-9H,5-7H2,1-4H3/t8-,9+/m1/s1. The molecule has 0 unspecified atom stereocenters. The lowest BCUT2D eigenvalue weighted by molar-refractivity contribution is -0.146. The lowest BCUT2D eigenvalue weighted by Crippen LogP contribution is -2.21. The Morgan fingerprint density at radius 2 is 1.67 bits per heavy atom. The van der Waals surface area contributed by atoms with Gasteiger partial charge in [-0.05, 0) is 26.7 Å². The molecule has 0 aromatic rings. The largest absolute Gasteiger partial charge is 0.345 e. The molecule has 2 nitrogen and oxygen atoms in total. The van der Waals surface area contributed by atoms with E-state index in [4.69, 9.17) is 9.47 Å².